The van der Waals surface area contributed by atoms with Crippen molar-refractivity contribution in [3.63, 3.8) is 0 Å². The molecule has 1 fully saturated rings. The minimum absolute atomic E-state index is 0.123. The topological polar surface area (TPSA) is 70.4 Å². The van der Waals surface area contributed by atoms with Crippen LogP contribution < -0.4 is 0 Å². The number of carbonyl (C=O) groups excluding carboxylic acids is 2. The third-order valence-corrected chi connectivity index (χ3v) is 4.16. The van der Waals surface area contributed by atoms with Crippen molar-refractivity contribution in [2.45, 2.75) is 26.0 Å². The number of hydrogen-bond donors (Lipinski definition) is 0. The van der Waals surface area contributed by atoms with Crippen LogP contribution in [0.15, 0.2) is 48.5 Å². The zero-order valence-corrected chi connectivity index (χ0v) is 13.8. The highest BCUT2D eigenvalue weighted by Crippen LogP contribution is 2.15. The molecule has 0 radical (unpaired) electrons. The van der Waals surface area contributed by atoms with Crippen LogP contribution in [0.25, 0.3) is 0 Å². The largest absolute Gasteiger partial charge is 0.457 e. The Morgan fingerprint density at radius 1 is 1.16 bits per heavy atom. The Bertz CT molecular complexity index is 822. The fraction of sp³-hybridized carbons (Fsp3) is 0.250. The highest BCUT2D eigenvalue weighted by Gasteiger charge is 2.20. The number of likely N-dealkylation sites (tertiary alicyclic amines) is 1. The quantitative estimate of drug-likeness (QED) is 0.788. The Morgan fingerprint density at radius 3 is 2.64 bits per heavy atom. The van der Waals surface area contributed by atoms with Crippen LogP contribution in [-0.2, 0) is 22.7 Å². The molecular formula is C20H18N2O3. The van der Waals surface area contributed by atoms with Crippen LogP contribution in [0.1, 0.15) is 39.9 Å². The Morgan fingerprint density at radius 2 is 1.96 bits per heavy atom. The van der Waals surface area contributed by atoms with Crippen LogP contribution in [-0.4, -0.2) is 23.3 Å². The molecule has 0 spiro atoms. The number of benzene rings is 2. The van der Waals surface area contributed by atoms with E-state index in [1.165, 1.54) is 0 Å². The zero-order chi connectivity index (χ0) is 17.6. The molecule has 126 valence electrons. The number of carbonyl (C=O) groups is 2. The second kappa shape index (κ2) is 7.63. The van der Waals surface area contributed by atoms with Gasteiger partial charge in [-0.1, -0.05) is 24.3 Å². The number of hydrogen-bond acceptors (Lipinski definition) is 4. The summed E-state index contributed by atoms with van der Waals surface area (Å²) in [6.45, 7) is 1.50. The Balaban J connectivity index is 1.57. The fourth-order valence-corrected chi connectivity index (χ4v) is 2.80. The minimum atomic E-state index is -0.411. The van der Waals surface area contributed by atoms with Crippen LogP contribution in [0.5, 0.6) is 0 Å². The van der Waals surface area contributed by atoms with Crippen molar-refractivity contribution in [1.29, 1.82) is 5.26 Å². The van der Waals surface area contributed by atoms with Gasteiger partial charge in [-0.25, -0.2) is 4.79 Å². The summed E-state index contributed by atoms with van der Waals surface area (Å²) in [5.41, 5.74) is 2.77. The molecule has 0 aliphatic carbocycles. The summed E-state index contributed by atoms with van der Waals surface area (Å²) < 4.78 is 5.29. The number of esters is 1. The molecule has 1 heterocycles. The van der Waals surface area contributed by atoms with Crippen molar-refractivity contribution < 1.29 is 14.3 Å². The maximum absolute atomic E-state index is 12.1. The van der Waals surface area contributed by atoms with Gasteiger partial charge in [-0.2, -0.15) is 5.26 Å². The van der Waals surface area contributed by atoms with Gasteiger partial charge in [0, 0.05) is 19.5 Å². The summed E-state index contributed by atoms with van der Waals surface area (Å²) in [6, 6.07) is 16.1. The summed E-state index contributed by atoms with van der Waals surface area (Å²) in [5, 5.41) is 8.88. The lowest BCUT2D eigenvalue weighted by atomic mass is 10.1. The SMILES string of the molecule is N#Cc1cccc(COC(=O)c2ccc(CN3CCCC3=O)cc2)c1. The van der Waals surface area contributed by atoms with Gasteiger partial charge < -0.3 is 9.64 Å². The first-order chi connectivity index (χ1) is 12.2. The molecule has 25 heavy (non-hydrogen) atoms. The number of nitrogens with zero attached hydrogens (tertiary/aromatic N) is 2. The molecule has 2 aromatic rings. The van der Waals surface area contributed by atoms with Crippen LogP contribution >= 0.6 is 0 Å². The van der Waals surface area contributed by atoms with Gasteiger partial charge in [0.25, 0.3) is 0 Å². The number of nitriles is 1. The van der Waals surface area contributed by atoms with Gasteiger partial charge in [-0.05, 0) is 41.8 Å². The van der Waals surface area contributed by atoms with Crippen LogP contribution in [0, 0.1) is 11.3 Å². The fourth-order valence-electron chi connectivity index (χ4n) is 2.80. The molecule has 0 aromatic heterocycles. The van der Waals surface area contributed by atoms with Crippen molar-refractivity contribution in [2.24, 2.45) is 0 Å². The molecule has 1 saturated heterocycles. The second-order valence-corrected chi connectivity index (χ2v) is 6.00. The van der Waals surface area contributed by atoms with Gasteiger partial charge in [0.05, 0.1) is 17.2 Å². The first-order valence-corrected chi connectivity index (χ1v) is 8.18. The maximum Gasteiger partial charge on any atom is 0.338 e. The molecule has 1 amide bonds. The van der Waals surface area contributed by atoms with Gasteiger partial charge in [0.1, 0.15) is 6.61 Å². The minimum Gasteiger partial charge on any atom is -0.457 e. The molecule has 3 rings (SSSR count). The third-order valence-electron chi connectivity index (χ3n) is 4.16. The van der Waals surface area contributed by atoms with Crippen molar-refractivity contribution in [2.75, 3.05) is 6.54 Å². The van der Waals surface area contributed by atoms with Gasteiger partial charge >= 0.3 is 5.97 Å². The number of rotatable bonds is 5. The van der Waals surface area contributed by atoms with E-state index in [2.05, 4.69) is 6.07 Å². The number of amides is 1. The van der Waals surface area contributed by atoms with E-state index < -0.39 is 5.97 Å². The molecule has 5 nitrogen and oxygen atoms in total. The standard InChI is InChI=1S/C20H18N2O3/c21-12-16-3-1-4-17(11-16)14-25-20(24)18-8-6-15(7-9-18)13-22-10-2-5-19(22)23/h1,3-4,6-9,11H,2,5,10,13-14H2. The average Bonchev–Trinajstić information content (AvgIpc) is 3.05. The van der Waals surface area contributed by atoms with Crippen molar-refractivity contribution in [3.8, 4) is 6.07 Å². The molecule has 1 aliphatic heterocycles. The smallest absolute Gasteiger partial charge is 0.338 e. The van der Waals surface area contributed by atoms with E-state index in [9.17, 15) is 9.59 Å². The van der Waals surface area contributed by atoms with E-state index in [0.717, 1.165) is 24.1 Å². The summed E-state index contributed by atoms with van der Waals surface area (Å²) in [5.74, 6) is -0.228. The lowest BCUT2D eigenvalue weighted by Crippen LogP contribution is -2.23. The van der Waals surface area contributed by atoms with Gasteiger partial charge in [0.2, 0.25) is 5.91 Å². The molecule has 0 saturated carbocycles. The molecular weight excluding hydrogens is 316 g/mol. The van der Waals surface area contributed by atoms with E-state index in [1.807, 2.05) is 23.1 Å². The molecule has 1 aliphatic rings. The monoisotopic (exact) mass is 334 g/mol. The molecule has 0 bridgehead atoms. The van der Waals surface area contributed by atoms with Crippen LogP contribution in [0.3, 0.4) is 0 Å². The van der Waals surface area contributed by atoms with Gasteiger partial charge in [-0.15, -0.1) is 0 Å². The first kappa shape index (κ1) is 16.7. The first-order valence-electron chi connectivity index (χ1n) is 8.18. The van der Waals surface area contributed by atoms with E-state index >= 15 is 0 Å². The Kier molecular flexibility index (Phi) is 5.10. The maximum atomic E-state index is 12.1. The average molecular weight is 334 g/mol. The molecule has 5 heteroatoms. The van der Waals surface area contributed by atoms with E-state index in [1.54, 1.807) is 30.3 Å². The normalized spacial score (nSPS) is 13.6. The van der Waals surface area contributed by atoms with Crippen molar-refractivity contribution in [3.05, 3.63) is 70.8 Å². The van der Waals surface area contributed by atoms with Crippen molar-refractivity contribution in [1.82, 2.24) is 4.90 Å². The predicted octanol–water partition coefficient (Wildman–Crippen LogP) is 3.04. The number of ether oxygens (including phenoxy) is 1. The molecule has 0 unspecified atom stereocenters. The van der Waals surface area contributed by atoms with E-state index in [0.29, 0.717) is 24.1 Å². The summed E-state index contributed by atoms with van der Waals surface area (Å²) >= 11 is 0. The zero-order valence-electron chi connectivity index (χ0n) is 13.8. The summed E-state index contributed by atoms with van der Waals surface area (Å²) in [7, 11) is 0. The molecule has 2 aromatic carbocycles. The molecule has 0 atom stereocenters. The van der Waals surface area contributed by atoms with E-state index in [-0.39, 0.29) is 12.5 Å². The van der Waals surface area contributed by atoms with Gasteiger partial charge in [-0.3, -0.25) is 4.79 Å². The Labute approximate surface area is 146 Å². The molecule has 0 N–H and O–H groups in total. The highest BCUT2D eigenvalue weighted by atomic mass is 16.5. The summed E-state index contributed by atoms with van der Waals surface area (Å²) in [4.78, 5) is 25.6. The lowest BCUT2D eigenvalue weighted by Gasteiger charge is -2.15. The Hall–Kier alpha value is -3.13. The second-order valence-electron chi connectivity index (χ2n) is 6.00. The van der Waals surface area contributed by atoms with Crippen LogP contribution in [0.4, 0.5) is 0 Å². The lowest BCUT2D eigenvalue weighted by molar-refractivity contribution is -0.128. The van der Waals surface area contributed by atoms with Crippen LogP contribution in [0.2, 0.25) is 0 Å². The van der Waals surface area contributed by atoms with Gasteiger partial charge in [0.15, 0.2) is 0 Å². The predicted molar refractivity (Wildman–Crippen MR) is 91.4 cm³/mol. The highest BCUT2D eigenvalue weighted by molar-refractivity contribution is 5.89. The van der Waals surface area contributed by atoms with E-state index in [4.69, 9.17) is 10.00 Å². The summed E-state index contributed by atoms with van der Waals surface area (Å²) in [6.07, 6.45) is 1.54. The van der Waals surface area contributed by atoms with Crippen molar-refractivity contribution >= 4 is 11.9 Å². The third kappa shape index (κ3) is 4.24.